The number of rotatable bonds is 5. The molecule has 110 valence electrons. The van der Waals surface area contributed by atoms with Crippen molar-refractivity contribution >= 4 is 38.5 Å². The normalized spacial score (nSPS) is 11.8. The van der Waals surface area contributed by atoms with Crippen molar-refractivity contribution in [1.82, 2.24) is 5.32 Å². The number of fused-ring (bicyclic) bond motifs is 1. The zero-order valence-corrected chi connectivity index (χ0v) is 14.2. The number of hydrogen-bond acceptors (Lipinski definition) is 2. The standard InChI is InChI=1S/C15H18BrClFNO/c1-4-5-9-12(7-19-8(2)3)20-15-10(16)6-11(17)14(18)13(9)15/h6,8,19H,4-5,7H2,1-3H3. The Balaban J connectivity index is 2.60. The van der Waals surface area contributed by atoms with Gasteiger partial charge in [0.25, 0.3) is 0 Å². The molecule has 2 aromatic rings. The number of hydrogen-bond donors (Lipinski definition) is 1. The minimum absolute atomic E-state index is 0.117. The summed E-state index contributed by atoms with van der Waals surface area (Å²) < 4.78 is 20.9. The molecule has 2 rings (SSSR count). The Labute approximate surface area is 131 Å². The van der Waals surface area contributed by atoms with Crippen molar-refractivity contribution in [3.05, 3.63) is 32.7 Å². The van der Waals surface area contributed by atoms with Crippen LogP contribution in [0.4, 0.5) is 4.39 Å². The molecular formula is C15H18BrClFNO. The molecule has 20 heavy (non-hydrogen) atoms. The maximum atomic E-state index is 14.3. The zero-order chi connectivity index (χ0) is 14.9. The van der Waals surface area contributed by atoms with Crippen molar-refractivity contribution in [2.45, 2.75) is 46.2 Å². The van der Waals surface area contributed by atoms with Gasteiger partial charge < -0.3 is 9.73 Å². The van der Waals surface area contributed by atoms with Gasteiger partial charge in [0.15, 0.2) is 11.4 Å². The second kappa shape index (κ2) is 6.46. The predicted octanol–water partition coefficient (Wildman–Crippen LogP) is 5.44. The minimum atomic E-state index is -0.395. The summed E-state index contributed by atoms with van der Waals surface area (Å²) >= 11 is 9.33. The maximum absolute atomic E-state index is 14.3. The topological polar surface area (TPSA) is 25.2 Å². The van der Waals surface area contributed by atoms with Gasteiger partial charge in [0.05, 0.1) is 21.4 Å². The Kier molecular flexibility index (Phi) is 5.10. The summed E-state index contributed by atoms with van der Waals surface area (Å²) in [6.07, 6.45) is 1.69. The SMILES string of the molecule is CCCc1c(CNC(C)C)oc2c(Br)cc(Cl)c(F)c12. The Morgan fingerprint density at radius 1 is 1.45 bits per heavy atom. The molecule has 1 N–H and O–H groups in total. The lowest BCUT2D eigenvalue weighted by molar-refractivity contribution is 0.482. The monoisotopic (exact) mass is 361 g/mol. The molecule has 0 saturated heterocycles. The third-order valence-electron chi connectivity index (χ3n) is 3.16. The summed E-state index contributed by atoms with van der Waals surface area (Å²) in [6, 6.07) is 1.88. The molecule has 0 unspecified atom stereocenters. The van der Waals surface area contributed by atoms with E-state index in [9.17, 15) is 4.39 Å². The summed E-state index contributed by atoms with van der Waals surface area (Å²) in [6.45, 7) is 6.78. The fourth-order valence-corrected chi connectivity index (χ4v) is 3.07. The average molecular weight is 363 g/mol. The van der Waals surface area contributed by atoms with E-state index in [1.54, 1.807) is 0 Å². The molecule has 0 radical (unpaired) electrons. The molecule has 0 amide bonds. The molecule has 0 aliphatic carbocycles. The number of furan rings is 1. The van der Waals surface area contributed by atoms with Crippen LogP contribution in [0.25, 0.3) is 11.0 Å². The lowest BCUT2D eigenvalue weighted by Crippen LogP contribution is -2.22. The van der Waals surface area contributed by atoms with Crippen LogP contribution >= 0.6 is 27.5 Å². The zero-order valence-electron chi connectivity index (χ0n) is 11.8. The molecule has 5 heteroatoms. The Morgan fingerprint density at radius 2 is 2.15 bits per heavy atom. The van der Waals surface area contributed by atoms with E-state index in [0.717, 1.165) is 24.2 Å². The van der Waals surface area contributed by atoms with Crippen molar-refractivity contribution in [2.75, 3.05) is 0 Å². The van der Waals surface area contributed by atoms with Gasteiger partial charge in [-0.1, -0.05) is 38.8 Å². The first-order valence-electron chi connectivity index (χ1n) is 6.76. The highest BCUT2D eigenvalue weighted by atomic mass is 79.9. The van der Waals surface area contributed by atoms with Crippen LogP contribution in [0.3, 0.4) is 0 Å². The van der Waals surface area contributed by atoms with E-state index in [0.29, 0.717) is 28.0 Å². The smallest absolute Gasteiger partial charge is 0.153 e. The van der Waals surface area contributed by atoms with Gasteiger partial charge in [0, 0.05) is 11.6 Å². The summed E-state index contributed by atoms with van der Waals surface area (Å²) in [5.74, 6) is 0.394. The van der Waals surface area contributed by atoms with Crippen LogP contribution < -0.4 is 5.32 Å². The molecule has 0 fully saturated rings. The van der Waals surface area contributed by atoms with E-state index < -0.39 is 5.82 Å². The number of nitrogens with one attached hydrogen (secondary N) is 1. The van der Waals surface area contributed by atoms with Crippen molar-refractivity contribution in [2.24, 2.45) is 0 Å². The highest BCUT2D eigenvalue weighted by Crippen LogP contribution is 2.37. The Bertz CT molecular complexity index is 624. The molecule has 1 aromatic carbocycles. The van der Waals surface area contributed by atoms with Gasteiger partial charge in [-0.3, -0.25) is 0 Å². The van der Waals surface area contributed by atoms with Gasteiger partial charge in [0.1, 0.15) is 5.76 Å². The van der Waals surface area contributed by atoms with E-state index in [1.807, 2.05) is 0 Å². The van der Waals surface area contributed by atoms with Gasteiger partial charge in [-0.15, -0.1) is 0 Å². The molecular weight excluding hydrogens is 345 g/mol. The van der Waals surface area contributed by atoms with Gasteiger partial charge in [-0.2, -0.15) is 0 Å². The summed E-state index contributed by atoms with van der Waals surface area (Å²) in [5.41, 5.74) is 1.45. The first kappa shape index (κ1) is 15.8. The molecule has 1 aromatic heterocycles. The fourth-order valence-electron chi connectivity index (χ4n) is 2.23. The van der Waals surface area contributed by atoms with E-state index in [-0.39, 0.29) is 5.02 Å². The number of halogens is 3. The van der Waals surface area contributed by atoms with Crippen LogP contribution in [-0.2, 0) is 13.0 Å². The summed E-state index contributed by atoms with van der Waals surface area (Å²) in [4.78, 5) is 0. The average Bonchev–Trinajstić information content (AvgIpc) is 2.74. The molecule has 0 atom stereocenters. The minimum Gasteiger partial charge on any atom is -0.458 e. The van der Waals surface area contributed by atoms with E-state index in [1.165, 1.54) is 6.07 Å². The highest BCUT2D eigenvalue weighted by molar-refractivity contribution is 9.10. The molecule has 2 nitrogen and oxygen atoms in total. The quantitative estimate of drug-likeness (QED) is 0.717. The Hall–Kier alpha value is -0.580. The lowest BCUT2D eigenvalue weighted by atomic mass is 10.1. The number of aryl methyl sites for hydroxylation is 1. The number of benzene rings is 1. The molecule has 1 heterocycles. The third-order valence-corrected chi connectivity index (χ3v) is 4.03. The van der Waals surface area contributed by atoms with Crippen molar-refractivity contribution < 1.29 is 8.81 Å². The predicted molar refractivity (Wildman–Crippen MR) is 84.9 cm³/mol. The van der Waals surface area contributed by atoms with Gasteiger partial charge >= 0.3 is 0 Å². The molecule has 0 saturated carbocycles. The van der Waals surface area contributed by atoms with Crippen LogP contribution in [-0.4, -0.2) is 6.04 Å². The second-order valence-electron chi connectivity index (χ2n) is 5.15. The molecule has 0 spiro atoms. The van der Waals surface area contributed by atoms with Gasteiger partial charge in [0.2, 0.25) is 0 Å². The fraction of sp³-hybridized carbons (Fsp3) is 0.467. The first-order chi connectivity index (χ1) is 9.45. The van der Waals surface area contributed by atoms with E-state index in [4.69, 9.17) is 16.0 Å². The van der Waals surface area contributed by atoms with Gasteiger partial charge in [-0.25, -0.2) is 4.39 Å². The van der Waals surface area contributed by atoms with E-state index in [2.05, 4.69) is 42.0 Å². The molecule has 0 aliphatic heterocycles. The second-order valence-corrected chi connectivity index (χ2v) is 6.41. The van der Waals surface area contributed by atoms with Crippen LogP contribution in [0, 0.1) is 5.82 Å². The van der Waals surface area contributed by atoms with Crippen molar-refractivity contribution in [1.29, 1.82) is 0 Å². The molecule has 0 bridgehead atoms. The van der Waals surface area contributed by atoms with Crippen LogP contribution in [0.15, 0.2) is 15.0 Å². The third kappa shape index (κ3) is 3.02. The lowest BCUT2D eigenvalue weighted by Gasteiger charge is -2.07. The molecule has 0 aliphatic rings. The van der Waals surface area contributed by atoms with Crippen molar-refractivity contribution in [3.8, 4) is 0 Å². The van der Waals surface area contributed by atoms with E-state index >= 15 is 0 Å². The van der Waals surface area contributed by atoms with Gasteiger partial charge in [-0.05, 0) is 28.4 Å². The first-order valence-corrected chi connectivity index (χ1v) is 7.93. The largest absolute Gasteiger partial charge is 0.458 e. The maximum Gasteiger partial charge on any atom is 0.153 e. The summed E-state index contributed by atoms with van der Waals surface area (Å²) in [5, 5.41) is 3.93. The van der Waals surface area contributed by atoms with Crippen LogP contribution in [0.5, 0.6) is 0 Å². The highest BCUT2D eigenvalue weighted by Gasteiger charge is 2.21. The van der Waals surface area contributed by atoms with Crippen LogP contribution in [0.1, 0.15) is 38.5 Å². The van der Waals surface area contributed by atoms with Crippen molar-refractivity contribution in [3.63, 3.8) is 0 Å². The summed E-state index contributed by atoms with van der Waals surface area (Å²) in [7, 11) is 0. The van der Waals surface area contributed by atoms with Crippen LogP contribution in [0.2, 0.25) is 5.02 Å². The Morgan fingerprint density at radius 3 is 2.75 bits per heavy atom.